The number of aromatic nitrogens is 2. The van der Waals surface area contributed by atoms with Gasteiger partial charge in [0.15, 0.2) is 0 Å². The van der Waals surface area contributed by atoms with Crippen molar-refractivity contribution < 1.29 is 14.3 Å². The van der Waals surface area contributed by atoms with E-state index in [4.69, 9.17) is 15.9 Å². The smallest absolute Gasteiger partial charge is 0.308 e. The molecule has 2 aromatic rings. The highest BCUT2D eigenvalue weighted by Crippen LogP contribution is 2.25. The Hall–Kier alpha value is -3.20. The fourth-order valence-corrected chi connectivity index (χ4v) is 3.45. The van der Waals surface area contributed by atoms with Gasteiger partial charge in [-0.1, -0.05) is 24.3 Å². The van der Waals surface area contributed by atoms with Gasteiger partial charge < -0.3 is 15.8 Å². The van der Waals surface area contributed by atoms with Crippen molar-refractivity contribution in [3.63, 3.8) is 0 Å². The van der Waals surface area contributed by atoms with Crippen molar-refractivity contribution in [1.29, 1.82) is 5.41 Å². The number of rotatable bonds is 5. The zero-order valence-corrected chi connectivity index (χ0v) is 17.3. The number of carbonyl (C=O) groups excluding carboxylic acids is 2. The number of aromatic amines is 1. The second-order valence-corrected chi connectivity index (χ2v) is 7.03. The van der Waals surface area contributed by atoms with Crippen LogP contribution in [0.4, 0.5) is 0 Å². The minimum atomic E-state index is -0.574. The monoisotopic (exact) mass is 433 g/mol. The van der Waals surface area contributed by atoms with E-state index in [0.717, 1.165) is 0 Å². The zero-order valence-electron chi connectivity index (χ0n) is 16.4. The maximum absolute atomic E-state index is 12.6. The van der Waals surface area contributed by atoms with Gasteiger partial charge in [-0.15, -0.1) is 12.4 Å². The molecule has 160 valence electrons. The van der Waals surface area contributed by atoms with Crippen molar-refractivity contribution in [1.82, 2.24) is 15.5 Å². The maximum atomic E-state index is 12.6. The summed E-state index contributed by atoms with van der Waals surface area (Å²) in [7, 11) is 1.37. The van der Waals surface area contributed by atoms with Crippen LogP contribution >= 0.6 is 12.4 Å². The third kappa shape index (κ3) is 5.24. The average Bonchev–Trinajstić information content (AvgIpc) is 2.74. The number of benzene rings is 1. The van der Waals surface area contributed by atoms with Gasteiger partial charge in [0, 0.05) is 17.2 Å². The van der Waals surface area contributed by atoms with Gasteiger partial charge in [0.1, 0.15) is 11.4 Å². The number of halogens is 1. The third-order valence-electron chi connectivity index (χ3n) is 5.14. The molecule has 9 nitrogen and oxygen atoms in total. The fraction of sp³-hybridized carbons (Fsp3) is 0.350. The van der Waals surface area contributed by atoms with Crippen molar-refractivity contribution in [3.8, 4) is 11.3 Å². The van der Waals surface area contributed by atoms with Crippen molar-refractivity contribution in [2.24, 2.45) is 11.7 Å². The molecule has 1 aromatic heterocycles. The molecule has 0 spiro atoms. The molecule has 5 N–H and O–H groups in total. The zero-order chi connectivity index (χ0) is 21.0. The molecule has 0 radical (unpaired) electrons. The number of methoxy groups -OCH3 is 1. The van der Waals surface area contributed by atoms with E-state index < -0.39 is 11.5 Å². The lowest BCUT2D eigenvalue weighted by atomic mass is 9.86. The molecule has 3 rings (SSSR count). The number of H-pyrrole nitrogens is 1. The van der Waals surface area contributed by atoms with Crippen molar-refractivity contribution in [2.75, 3.05) is 7.11 Å². The molecule has 0 bridgehead atoms. The number of hydrogen-bond donors (Lipinski definition) is 4. The van der Waals surface area contributed by atoms with E-state index in [9.17, 15) is 14.4 Å². The van der Waals surface area contributed by atoms with E-state index in [1.54, 1.807) is 24.3 Å². The molecule has 1 aromatic carbocycles. The van der Waals surface area contributed by atoms with Gasteiger partial charge >= 0.3 is 5.97 Å². The van der Waals surface area contributed by atoms with Gasteiger partial charge in [-0.25, -0.2) is 5.10 Å². The highest BCUT2D eigenvalue weighted by molar-refractivity contribution is 5.96. The summed E-state index contributed by atoms with van der Waals surface area (Å²) >= 11 is 0. The molecule has 0 aliphatic heterocycles. The van der Waals surface area contributed by atoms with Crippen LogP contribution in [-0.2, 0) is 9.53 Å². The highest BCUT2D eigenvalue weighted by Gasteiger charge is 2.28. The molecule has 0 unspecified atom stereocenters. The quantitative estimate of drug-likeness (QED) is 0.319. The second kappa shape index (κ2) is 10.0. The predicted molar refractivity (Wildman–Crippen MR) is 114 cm³/mol. The minimum absolute atomic E-state index is 0. The second-order valence-electron chi connectivity index (χ2n) is 7.03. The minimum Gasteiger partial charge on any atom is -0.469 e. The van der Waals surface area contributed by atoms with Gasteiger partial charge in [-0.3, -0.25) is 19.8 Å². The summed E-state index contributed by atoms with van der Waals surface area (Å²) in [4.78, 5) is 36.4. The molecule has 1 amide bonds. The first-order chi connectivity index (χ1) is 13.9. The number of amidine groups is 1. The molecule has 1 aliphatic carbocycles. The Balaban J connectivity index is 0.00000320. The first kappa shape index (κ1) is 23.1. The summed E-state index contributed by atoms with van der Waals surface area (Å²) < 4.78 is 4.77. The van der Waals surface area contributed by atoms with Crippen LogP contribution < -0.4 is 16.6 Å². The summed E-state index contributed by atoms with van der Waals surface area (Å²) in [6, 6.07) is 8.11. The van der Waals surface area contributed by atoms with Crippen LogP contribution in [0.2, 0.25) is 0 Å². The van der Waals surface area contributed by atoms with E-state index >= 15 is 0 Å². The number of nitrogen functional groups attached to an aromatic ring is 1. The molecular formula is C20H24ClN5O4. The van der Waals surface area contributed by atoms with E-state index in [1.807, 2.05) is 0 Å². The van der Waals surface area contributed by atoms with Gasteiger partial charge in [-0.05, 0) is 31.7 Å². The van der Waals surface area contributed by atoms with Crippen LogP contribution in [0.3, 0.4) is 0 Å². The van der Waals surface area contributed by atoms with Crippen molar-refractivity contribution >= 4 is 30.1 Å². The molecule has 1 aliphatic rings. The number of carbonyl (C=O) groups is 2. The fourth-order valence-electron chi connectivity index (χ4n) is 3.45. The van der Waals surface area contributed by atoms with Crippen LogP contribution in [0, 0.1) is 11.3 Å². The molecular weight excluding hydrogens is 410 g/mol. The Morgan fingerprint density at radius 1 is 1.20 bits per heavy atom. The summed E-state index contributed by atoms with van der Waals surface area (Å²) in [6.45, 7) is 0. The summed E-state index contributed by atoms with van der Waals surface area (Å²) in [5, 5.41) is 16.7. The Morgan fingerprint density at radius 2 is 1.83 bits per heavy atom. The summed E-state index contributed by atoms with van der Waals surface area (Å²) in [6.07, 6.45) is 2.57. The Morgan fingerprint density at radius 3 is 2.40 bits per heavy atom. The topological polar surface area (TPSA) is 151 Å². The number of amides is 1. The van der Waals surface area contributed by atoms with E-state index in [-0.39, 0.29) is 41.7 Å². The highest BCUT2D eigenvalue weighted by atomic mass is 35.5. The molecule has 1 heterocycles. The van der Waals surface area contributed by atoms with Crippen LogP contribution in [0.25, 0.3) is 11.3 Å². The Kier molecular flexibility index (Phi) is 7.71. The standard InChI is InChI=1S/C20H23N5O4.ClH/c1-29-20(28)13-6-8-14(9-7-13)23-18(26)15-10-16(24-25-19(15)27)11-2-4-12(5-3-11)17(21)22;/h2-5,10,13-14H,6-9H2,1H3,(H3,21,22)(H,23,26)(H,25,27);1H/t13-,14-;. The van der Waals surface area contributed by atoms with Crippen LogP contribution in [0.1, 0.15) is 41.6 Å². The first-order valence-electron chi connectivity index (χ1n) is 9.32. The normalized spacial score (nSPS) is 18.0. The van der Waals surface area contributed by atoms with E-state index in [1.165, 1.54) is 13.2 Å². The lowest BCUT2D eigenvalue weighted by molar-refractivity contribution is -0.146. The van der Waals surface area contributed by atoms with Crippen molar-refractivity contribution in [3.05, 3.63) is 51.8 Å². The summed E-state index contributed by atoms with van der Waals surface area (Å²) in [5.74, 6) is -0.882. The van der Waals surface area contributed by atoms with Gasteiger partial charge in [-0.2, -0.15) is 5.10 Å². The van der Waals surface area contributed by atoms with Crippen LogP contribution in [0.15, 0.2) is 35.1 Å². The first-order valence-corrected chi connectivity index (χ1v) is 9.32. The Bertz CT molecular complexity index is 981. The largest absolute Gasteiger partial charge is 0.469 e. The number of hydrogen-bond acceptors (Lipinski definition) is 6. The van der Waals surface area contributed by atoms with Crippen molar-refractivity contribution in [2.45, 2.75) is 31.7 Å². The average molecular weight is 434 g/mol. The lowest BCUT2D eigenvalue weighted by Crippen LogP contribution is -2.40. The van der Waals surface area contributed by atoms with Gasteiger partial charge in [0.25, 0.3) is 11.5 Å². The maximum Gasteiger partial charge on any atom is 0.308 e. The predicted octanol–water partition coefficient (Wildman–Crippen LogP) is 1.60. The number of nitrogens with two attached hydrogens (primary N) is 1. The number of esters is 1. The number of nitrogens with zero attached hydrogens (tertiary/aromatic N) is 1. The molecule has 30 heavy (non-hydrogen) atoms. The number of nitrogens with one attached hydrogen (secondary N) is 3. The van der Waals surface area contributed by atoms with Crippen LogP contribution in [0.5, 0.6) is 0 Å². The number of ether oxygens (including phenoxy) is 1. The third-order valence-corrected chi connectivity index (χ3v) is 5.14. The molecule has 1 saturated carbocycles. The Labute approximate surface area is 179 Å². The SMILES string of the molecule is COC(=O)[C@H]1CC[C@H](NC(=O)c2cc(-c3ccc(C(=N)N)cc3)n[nH]c2=O)CC1.Cl. The lowest BCUT2D eigenvalue weighted by Gasteiger charge is -2.27. The van der Waals surface area contributed by atoms with Crippen LogP contribution in [-0.4, -0.2) is 41.1 Å². The molecule has 1 fully saturated rings. The molecule has 0 atom stereocenters. The van der Waals surface area contributed by atoms with Gasteiger partial charge in [0.05, 0.1) is 18.7 Å². The summed E-state index contributed by atoms with van der Waals surface area (Å²) in [5.41, 5.74) is 6.53. The van der Waals surface area contributed by atoms with Gasteiger partial charge in [0.2, 0.25) is 0 Å². The van der Waals surface area contributed by atoms with E-state index in [0.29, 0.717) is 42.5 Å². The van der Waals surface area contributed by atoms with E-state index in [2.05, 4.69) is 15.5 Å². The molecule has 10 heteroatoms. The molecule has 0 saturated heterocycles.